The number of alkyl halides is 1. The Kier molecular flexibility index (Phi) is 3.41. The van der Waals surface area contributed by atoms with Crippen LogP contribution in [-0.2, 0) is 5.88 Å². The zero-order valence-electron chi connectivity index (χ0n) is 7.66. The Bertz CT molecular complexity index is 508. The third-order valence-electron chi connectivity index (χ3n) is 1.85. The molecule has 0 saturated carbocycles. The first-order valence-electron chi connectivity index (χ1n) is 4.11. The topological polar surface area (TPSA) is 43.6 Å². The molecule has 0 unspecified atom stereocenters. The van der Waals surface area contributed by atoms with Gasteiger partial charge < -0.3 is 0 Å². The van der Waals surface area contributed by atoms with E-state index in [0.717, 1.165) is 0 Å². The second kappa shape index (κ2) is 4.65. The molecule has 1 aromatic heterocycles. The highest BCUT2D eigenvalue weighted by atomic mass is 79.9. The van der Waals surface area contributed by atoms with E-state index in [2.05, 4.69) is 31.5 Å². The van der Waals surface area contributed by atoms with Crippen LogP contribution in [0.3, 0.4) is 0 Å². The summed E-state index contributed by atoms with van der Waals surface area (Å²) in [6, 6.07) is 2.46. The van der Waals surface area contributed by atoms with Crippen LogP contribution in [0.1, 0.15) is 5.82 Å². The van der Waals surface area contributed by atoms with Crippen molar-refractivity contribution in [1.82, 2.24) is 20.2 Å². The average Bonchev–Trinajstić information content (AvgIpc) is 2.64. The summed E-state index contributed by atoms with van der Waals surface area (Å²) in [7, 11) is 0. The maximum absolute atomic E-state index is 13.0. The second-order valence-electron chi connectivity index (χ2n) is 2.86. The summed E-state index contributed by atoms with van der Waals surface area (Å²) >= 11 is 14.8. The van der Waals surface area contributed by atoms with Crippen molar-refractivity contribution in [2.45, 2.75) is 5.88 Å². The molecule has 0 N–H and O–H groups in total. The molecule has 2 aromatic rings. The lowest BCUT2D eigenvalue weighted by Gasteiger charge is -2.07. The summed E-state index contributed by atoms with van der Waals surface area (Å²) < 4.78 is 14.8. The molecule has 84 valence electrons. The SMILES string of the molecule is Fc1cc(Cl)c(-n2nnnc2CCl)c(Br)c1. The van der Waals surface area contributed by atoms with Crippen molar-refractivity contribution in [2.75, 3.05) is 0 Å². The van der Waals surface area contributed by atoms with E-state index in [9.17, 15) is 4.39 Å². The van der Waals surface area contributed by atoms with Gasteiger partial charge in [0.25, 0.3) is 0 Å². The zero-order chi connectivity index (χ0) is 11.7. The lowest BCUT2D eigenvalue weighted by Crippen LogP contribution is -2.03. The number of halogens is 4. The first-order chi connectivity index (χ1) is 7.63. The van der Waals surface area contributed by atoms with Gasteiger partial charge in [0, 0.05) is 4.47 Å². The molecule has 1 aromatic carbocycles. The molecule has 4 nitrogen and oxygen atoms in total. The smallest absolute Gasteiger partial charge is 0.171 e. The Labute approximate surface area is 108 Å². The van der Waals surface area contributed by atoms with Gasteiger partial charge in [-0.15, -0.1) is 16.7 Å². The number of benzene rings is 1. The minimum absolute atomic E-state index is 0.132. The Morgan fingerprint density at radius 1 is 1.44 bits per heavy atom. The Balaban J connectivity index is 2.64. The lowest BCUT2D eigenvalue weighted by molar-refractivity contribution is 0.625. The molecule has 0 radical (unpaired) electrons. The van der Waals surface area contributed by atoms with Crippen molar-refractivity contribution in [3.63, 3.8) is 0 Å². The van der Waals surface area contributed by atoms with E-state index in [1.54, 1.807) is 0 Å². The summed E-state index contributed by atoms with van der Waals surface area (Å²) in [5.41, 5.74) is 0.462. The second-order valence-corrected chi connectivity index (χ2v) is 4.39. The van der Waals surface area contributed by atoms with Gasteiger partial charge in [0.1, 0.15) is 11.5 Å². The highest BCUT2D eigenvalue weighted by Crippen LogP contribution is 2.30. The molecule has 16 heavy (non-hydrogen) atoms. The normalized spacial score (nSPS) is 10.8. The number of hydrogen-bond donors (Lipinski definition) is 0. The van der Waals surface area contributed by atoms with Crippen molar-refractivity contribution in [2.24, 2.45) is 0 Å². The molecule has 0 atom stereocenters. The molecule has 8 heteroatoms. The molecule has 2 rings (SSSR count). The van der Waals surface area contributed by atoms with Gasteiger partial charge in [-0.3, -0.25) is 0 Å². The average molecular weight is 326 g/mol. The first kappa shape index (κ1) is 11.8. The van der Waals surface area contributed by atoms with Crippen LogP contribution in [0.4, 0.5) is 4.39 Å². The molecule has 0 amide bonds. The number of tetrazole rings is 1. The third-order valence-corrected chi connectivity index (χ3v) is 2.98. The maximum atomic E-state index is 13.0. The molecule has 0 bridgehead atoms. The van der Waals surface area contributed by atoms with E-state index < -0.39 is 5.82 Å². The Hall–Kier alpha value is -0.720. The van der Waals surface area contributed by atoms with Gasteiger partial charge in [-0.25, -0.2) is 4.39 Å². The zero-order valence-corrected chi connectivity index (χ0v) is 10.8. The Morgan fingerprint density at radius 2 is 2.19 bits per heavy atom. The van der Waals surface area contributed by atoms with Crippen LogP contribution >= 0.6 is 39.1 Å². The van der Waals surface area contributed by atoms with E-state index in [1.165, 1.54) is 16.8 Å². The summed E-state index contributed by atoms with van der Waals surface area (Å²) in [6.45, 7) is 0. The van der Waals surface area contributed by atoms with Gasteiger partial charge in [0.2, 0.25) is 0 Å². The van der Waals surface area contributed by atoms with Crippen LogP contribution in [0.5, 0.6) is 0 Å². The molecular formula is C8H4BrCl2FN4. The van der Waals surface area contributed by atoms with Crippen molar-refractivity contribution < 1.29 is 4.39 Å². The molecule has 0 aliphatic heterocycles. The summed E-state index contributed by atoms with van der Waals surface area (Å²) in [5.74, 6) is 0.115. The Morgan fingerprint density at radius 3 is 2.81 bits per heavy atom. The van der Waals surface area contributed by atoms with Crippen LogP contribution in [0.25, 0.3) is 5.69 Å². The van der Waals surface area contributed by atoms with Crippen molar-refractivity contribution in [1.29, 1.82) is 0 Å². The minimum atomic E-state index is -0.443. The quantitative estimate of drug-likeness (QED) is 0.797. The summed E-state index contributed by atoms with van der Waals surface area (Å²) in [5, 5.41) is 11.1. The van der Waals surface area contributed by atoms with E-state index in [4.69, 9.17) is 23.2 Å². The van der Waals surface area contributed by atoms with Crippen LogP contribution in [0, 0.1) is 5.82 Å². The summed E-state index contributed by atoms with van der Waals surface area (Å²) in [4.78, 5) is 0. The van der Waals surface area contributed by atoms with Gasteiger partial charge in [-0.05, 0) is 38.5 Å². The molecule has 0 aliphatic carbocycles. The van der Waals surface area contributed by atoms with E-state index in [-0.39, 0.29) is 10.9 Å². The fourth-order valence-corrected chi connectivity index (χ4v) is 2.37. The highest BCUT2D eigenvalue weighted by Gasteiger charge is 2.15. The largest absolute Gasteiger partial charge is 0.207 e. The first-order valence-corrected chi connectivity index (χ1v) is 5.82. The van der Waals surface area contributed by atoms with Gasteiger partial charge in [0.15, 0.2) is 5.82 Å². The molecule has 0 fully saturated rings. The van der Waals surface area contributed by atoms with Gasteiger partial charge in [-0.1, -0.05) is 11.6 Å². The molecule has 1 heterocycles. The predicted molar refractivity (Wildman–Crippen MR) is 61.4 cm³/mol. The van der Waals surface area contributed by atoms with Crippen molar-refractivity contribution >= 4 is 39.1 Å². The molecule has 0 spiro atoms. The number of rotatable bonds is 2. The van der Waals surface area contributed by atoms with E-state index >= 15 is 0 Å². The maximum Gasteiger partial charge on any atom is 0.171 e. The molecule has 0 aliphatic rings. The van der Waals surface area contributed by atoms with Crippen LogP contribution < -0.4 is 0 Å². The highest BCUT2D eigenvalue weighted by molar-refractivity contribution is 9.10. The van der Waals surface area contributed by atoms with Crippen LogP contribution in [0.2, 0.25) is 5.02 Å². The number of hydrogen-bond acceptors (Lipinski definition) is 3. The van der Waals surface area contributed by atoms with E-state index in [0.29, 0.717) is 16.0 Å². The number of nitrogens with zero attached hydrogens (tertiary/aromatic N) is 4. The van der Waals surface area contributed by atoms with Crippen LogP contribution in [0.15, 0.2) is 16.6 Å². The lowest BCUT2D eigenvalue weighted by atomic mass is 10.3. The molecule has 0 saturated heterocycles. The van der Waals surface area contributed by atoms with Gasteiger partial charge >= 0.3 is 0 Å². The summed E-state index contributed by atoms with van der Waals surface area (Å²) in [6.07, 6.45) is 0. The van der Waals surface area contributed by atoms with Gasteiger partial charge in [0.05, 0.1) is 10.9 Å². The van der Waals surface area contributed by atoms with Crippen molar-refractivity contribution in [3.8, 4) is 5.69 Å². The molecular weight excluding hydrogens is 322 g/mol. The monoisotopic (exact) mass is 324 g/mol. The van der Waals surface area contributed by atoms with E-state index in [1.807, 2.05) is 0 Å². The standard InChI is InChI=1S/C8H4BrCl2FN4/c9-5-1-4(12)2-6(11)8(5)16-7(3-10)13-14-15-16/h1-2H,3H2. The predicted octanol–water partition coefficient (Wildman–Crippen LogP) is 2.96. The fraction of sp³-hybridized carbons (Fsp3) is 0.125. The number of aromatic nitrogens is 4. The third kappa shape index (κ3) is 2.05. The van der Waals surface area contributed by atoms with Gasteiger partial charge in [-0.2, -0.15) is 4.68 Å². The van der Waals surface area contributed by atoms with Crippen molar-refractivity contribution in [3.05, 3.63) is 33.3 Å². The minimum Gasteiger partial charge on any atom is -0.207 e. The fourth-order valence-electron chi connectivity index (χ4n) is 1.20. The van der Waals surface area contributed by atoms with Crippen LogP contribution in [-0.4, -0.2) is 20.2 Å².